The molecule has 0 aliphatic carbocycles. The smallest absolute Gasteiger partial charge is 0.0768 e. The van der Waals surface area contributed by atoms with Crippen LogP contribution in [0.5, 0.6) is 0 Å². The summed E-state index contributed by atoms with van der Waals surface area (Å²) in [6.45, 7) is 3.72. The van der Waals surface area contributed by atoms with Gasteiger partial charge in [-0.25, -0.2) is 0 Å². The number of benzene rings is 1. The van der Waals surface area contributed by atoms with Crippen LogP contribution in [0.3, 0.4) is 0 Å². The van der Waals surface area contributed by atoms with E-state index in [4.69, 9.17) is 11.6 Å². The monoisotopic (exact) mass is 270 g/mol. The zero-order chi connectivity index (χ0) is 11.4. The van der Waals surface area contributed by atoms with Gasteiger partial charge >= 0.3 is 0 Å². The van der Waals surface area contributed by atoms with E-state index in [2.05, 4.69) is 9.98 Å². The molecule has 1 aromatic carbocycles. The first-order valence-corrected chi connectivity index (χ1v) is 5.92. The standard InChI is InChI=1S/C13H15ClN2.ClH/c1-10-4-2-6-13(14)12(10)9-15-8-11-5-3-7-16-11;/h2,4,6,9H,3,5,7-8H2,1H3;1H. The maximum Gasteiger partial charge on any atom is 0.0768 e. The first-order valence-electron chi connectivity index (χ1n) is 5.54. The van der Waals surface area contributed by atoms with E-state index in [0.29, 0.717) is 6.54 Å². The van der Waals surface area contributed by atoms with Gasteiger partial charge < -0.3 is 0 Å². The molecular formula is C13H16Cl2N2. The fourth-order valence-electron chi connectivity index (χ4n) is 1.78. The van der Waals surface area contributed by atoms with E-state index in [0.717, 1.165) is 29.1 Å². The lowest BCUT2D eigenvalue weighted by atomic mass is 10.1. The van der Waals surface area contributed by atoms with E-state index in [9.17, 15) is 0 Å². The van der Waals surface area contributed by atoms with Crippen molar-refractivity contribution in [1.29, 1.82) is 0 Å². The van der Waals surface area contributed by atoms with Crippen LogP contribution in [0.1, 0.15) is 24.0 Å². The molecule has 17 heavy (non-hydrogen) atoms. The van der Waals surface area contributed by atoms with Crippen molar-refractivity contribution in [3.8, 4) is 0 Å². The Morgan fingerprint density at radius 3 is 2.94 bits per heavy atom. The van der Waals surface area contributed by atoms with Gasteiger partial charge in [-0.3, -0.25) is 9.98 Å². The molecule has 0 N–H and O–H groups in total. The Kier molecular flexibility index (Phi) is 5.66. The van der Waals surface area contributed by atoms with Crippen LogP contribution >= 0.6 is 24.0 Å². The summed E-state index contributed by atoms with van der Waals surface area (Å²) in [5.74, 6) is 0. The third-order valence-electron chi connectivity index (χ3n) is 2.72. The van der Waals surface area contributed by atoms with Crippen molar-refractivity contribution in [3.63, 3.8) is 0 Å². The van der Waals surface area contributed by atoms with Gasteiger partial charge in [0.15, 0.2) is 0 Å². The van der Waals surface area contributed by atoms with Crippen molar-refractivity contribution in [2.24, 2.45) is 9.98 Å². The van der Waals surface area contributed by atoms with Crippen LogP contribution in [0.4, 0.5) is 0 Å². The Morgan fingerprint density at radius 2 is 2.29 bits per heavy atom. The summed E-state index contributed by atoms with van der Waals surface area (Å²) in [4.78, 5) is 8.79. The van der Waals surface area contributed by atoms with Gasteiger partial charge in [0.1, 0.15) is 0 Å². The lowest BCUT2D eigenvalue weighted by Gasteiger charge is -2.01. The summed E-state index contributed by atoms with van der Waals surface area (Å²) in [6, 6.07) is 5.89. The van der Waals surface area contributed by atoms with Crippen LogP contribution in [0, 0.1) is 6.92 Å². The van der Waals surface area contributed by atoms with E-state index < -0.39 is 0 Å². The predicted octanol–water partition coefficient (Wildman–Crippen LogP) is 3.72. The molecule has 0 amide bonds. The van der Waals surface area contributed by atoms with Gasteiger partial charge in [0.05, 0.1) is 6.54 Å². The highest BCUT2D eigenvalue weighted by Gasteiger charge is 2.04. The van der Waals surface area contributed by atoms with Crippen molar-refractivity contribution in [2.75, 3.05) is 13.1 Å². The van der Waals surface area contributed by atoms with E-state index in [1.165, 1.54) is 12.1 Å². The number of rotatable bonds is 3. The molecule has 0 bridgehead atoms. The molecule has 4 heteroatoms. The zero-order valence-electron chi connectivity index (χ0n) is 9.82. The fourth-order valence-corrected chi connectivity index (χ4v) is 2.05. The largest absolute Gasteiger partial charge is 0.292 e. The molecule has 92 valence electrons. The molecule has 2 nitrogen and oxygen atoms in total. The third-order valence-corrected chi connectivity index (χ3v) is 3.05. The second-order valence-corrected chi connectivity index (χ2v) is 4.40. The molecule has 0 atom stereocenters. The SMILES string of the molecule is Cc1cccc(Cl)c1C=NCC1=NCCC1.Cl. The molecule has 1 heterocycles. The average Bonchev–Trinajstić information content (AvgIpc) is 2.75. The van der Waals surface area contributed by atoms with Crippen LogP contribution in [0.15, 0.2) is 28.2 Å². The van der Waals surface area contributed by atoms with E-state index in [-0.39, 0.29) is 12.4 Å². The average molecular weight is 271 g/mol. The van der Waals surface area contributed by atoms with Gasteiger partial charge in [-0.1, -0.05) is 23.7 Å². The minimum absolute atomic E-state index is 0. The Morgan fingerprint density at radius 1 is 1.47 bits per heavy atom. The molecule has 0 spiro atoms. The van der Waals surface area contributed by atoms with Crippen LogP contribution in [-0.4, -0.2) is 25.0 Å². The summed E-state index contributed by atoms with van der Waals surface area (Å²) in [6.07, 6.45) is 4.13. The van der Waals surface area contributed by atoms with Gasteiger partial charge in [0.2, 0.25) is 0 Å². The molecule has 1 aliphatic heterocycles. The third kappa shape index (κ3) is 3.83. The second kappa shape index (κ2) is 6.77. The summed E-state index contributed by atoms with van der Waals surface area (Å²) < 4.78 is 0. The molecule has 0 radical (unpaired) electrons. The number of hydrogen-bond donors (Lipinski definition) is 0. The summed E-state index contributed by atoms with van der Waals surface area (Å²) in [7, 11) is 0. The number of halogens is 2. The number of nitrogens with zero attached hydrogens (tertiary/aromatic N) is 2. The van der Waals surface area contributed by atoms with Crippen molar-refractivity contribution < 1.29 is 0 Å². The van der Waals surface area contributed by atoms with Crippen LogP contribution in [0.2, 0.25) is 5.02 Å². The molecule has 0 aromatic heterocycles. The highest BCUT2D eigenvalue weighted by molar-refractivity contribution is 6.33. The summed E-state index contributed by atoms with van der Waals surface area (Å²) in [5.41, 5.74) is 3.38. The lowest BCUT2D eigenvalue weighted by Crippen LogP contribution is -1.99. The van der Waals surface area contributed by atoms with E-state index in [1.807, 2.05) is 31.3 Å². The number of aliphatic imine (C=N–C) groups is 2. The van der Waals surface area contributed by atoms with Crippen molar-refractivity contribution in [2.45, 2.75) is 19.8 Å². The summed E-state index contributed by atoms with van der Waals surface area (Å²) in [5, 5.41) is 0.761. The Hall–Kier alpha value is -0.860. The quantitative estimate of drug-likeness (QED) is 0.748. The molecule has 1 aliphatic rings. The van der Waals surface area contributed by atoms with E-state index >= 15 is 0 Å². The second-order valence-electron chi connectivity index (χ2n) is 3.99. The van der Waals surface area contributed by atoms with Gasteiger partial charge in [0.25, 0.3) is 0 Å². The van der Waals surface area contributed by atoms with Gasteiger partial charge in [0, 0.05) is 29.1 Å². The topological polar surface area (TPSA) is 24.7 Å². The number of aryl methyl sites for hydroxylation is 1. The van der Waals surface area contributed by atoms with Crippen molar-refractivity contribution >= 4 is 35.9 Å². The molecule has 1 aromatic rings. The highest BCUT2D eigenvalue weighted by atomic mass is 35.5. The maximum absolute atomic E-state index is 6.10. The minimum atomic E-state index is 0. The van der Waals surface area contributed by atoms with Gasteiger partial charge in [-0.15, -0.1) is 12.4 Å². The first kappa shape index (κ1) is 14.2. The lowest BCUT2D eigenvalue weighted by molar-refractivity contribution is 0.949. The Balaban J connectivity index is 0.00000144. The normalized spacial score (nSPS) is 14.8. The molecule has 0 unspecified atom stereocenters. The van der Waals surface area contributed by atoms with Gasteiger partial charge in [-0.2, -0.15) is 0 Å². The maximum atomic E-state index is 6.10. The van der Waals surface area contributed by atoms with E-state index in [1.54, 1.807) is 0 Å². The molecule has 0 fully saturated rings. The fraction of sp³-hybridized carbons (Fsp3) is 0.385. The predicted molar refractivity (Wildman–Crippen MR) is 77.4 cm³/mol. The van der Waals surface area contributed by atoms with Crippen LogP contribution < -0.4 is 0 Å². The molecule has 2 rings (SSSR count). The van der Waals surface area contributed by atoms with Crippen LogP contribution in [-0.2, 0) is 0 Å². The molecule has 0 saturated carbocycles. The van der Waals surface area contributed by atoms with Crippen LogP contribution in [0.25, 0.3) is 0 Å². The highest BCUT2D eigenvalue weighted by Crippen LogP contribution is 2.17. The van der Waals surface area contributed by atoms with Crippen molar-refractivity contribution in [3.05, 3.63) is 34.3 Å². The Labute approximate surface area is 113 Å². The summed E-state index contributed by atoms with van der Waals surface area (Å²) >= 11 is 6.10. The first-order chi connectivity index (χ1) is 7.77. The van der Waals surface area contributed by atoms with Crippen molar-refractivity contribution in [1.82, 2.24) is 0 Å². The van der Waals surface area contributed by atoms with Gasteiger partial charge in [-0.05, 0) is 31.4 Å². The molecule has 0 saturated heterocycles. The Bertz CT molecular complexity index is 419. The minimum Gasteiger partial charge on any atom is -0.292 e. The zero-order valence-corrected chi connectivity index (χ0v) is 11.4. The molecular weight excluding hydrogens is 255 g/mol. The number of hydrogen-bond acceptors (Lipinski definition) is 2.